The Hall–Kier alpha value is -2.13. The van der Waals surface area contributed by atoms with Gasteiger partial charge in [0.1, 0.15) is 16.5 Å². The molecule has 0 amide bonds. The van der Waals surface area contributed by atoms with Crippen LogP contribution in [-0.2, 0) is 16.6 Å². The molecule has 1 aromatic heterocycles. The molecule has 2 rings (SSSR count). The molecule has 1 heterocycles. The van der Waals surface area contributed by atoms with Crippen molar-refractivity contribution in [3.8, 4) is 0 Å². The molecule has 22 heavy (non-hydrogen) atoms. The molecule has 1 N–H and O–H groups in total. The van der Waals surface area contributed by atoms with Crippen LogP contribution in [0.1, 0.15) is 5.69 Å². The number of hydrogen-bond donors (Lipinski definition) is 1. The number of halogens is 2. The summed E-state index contributed by atoms with van der Waals surface area (Å²) in [5, 5.41) is 3.93. The maximum absolute atomic E-state index is 13.5. The molecule has 0 saturated carbocycles. The summed E-state index contributed by atoms with van der Waals surface area (Å²) in [5.74, 6) is -1.92. The lowest BCUT2D eigenvalue weighted by Gasteiger charge is -2.09. The van der Waals surface area contributed by atoms with E-state index in [2.05, 4.69) is 9.82 Å². The van der Waals surface area contributed by atoms with Gasteiger partial charge in [0.05, 0.1) is 12.2 Å². The molecule has 0 unspecified atom stereocenters. The highest BCUT2D eigenvalue weighted by atomic mass is 32.2. The third-order valence-electron chi connectivity index (χ3n) is 2.80. The number of sulfonamides is 1. The number of hydrogen-bond acceptors (Lipinski definition) is 4. The molecule has 0 aliphatic heterocycles. The van der Waals surface area contributed by atoms with Crippen molar-refractivity contribution >= 4 is 10.0 Å². The van der Waals surface area contributed by atoms with Gasteiger partial charge < -0.3 is 0 Å². The van der Waals surface area contributed by atoms with E-state index in [1.54, 1.807) is 6.92 Å². The highest BCUT2D eigenvalue weighted by Crippen LogP contribution is 2.15. The fourth-order valence-corrected chi connectivity index (χ4v) is 2.87. The van der Waals surface area contributed by atoms with E-state index < -0.39 is 26.6 Å². The van der Waals surface area contributed by atoms with Gasteiger partial charge in [-0.1, -0.05) is 0 Å². The Balaban J connectivity index is 2.12. The van der Waals surface area contributed by atoms with E-state index in [-0.39, 0.29) is 18.6 Å². The van der Waals surface area contributed by atoms with Crippen LogP contribution in [0, 0.1) is 18.6 Å². The van der Waals surface area contributed by atoms with Gasteiger partial charge in [-0.2, -0.15) is 5.10 Å². The Morgan fingerprint density at radius 1 is 1.23 bits per heavy atom. The Labute approximate surface area is 125 Å². The molecule has 0 aliphatic rings. The third kappa shape index (κ3) is 3.74. The first-order valence-corrected chi connectivity index (χ1v) is 7.77. The minimum absolute atomic E-state index is 0.0311. The zero-order valence-corrected chi connectivity index (χ0v) is 12.4. The van der Waals surface area contributed by atoms with E-state index >= 15 is 0 Å². The quantitative estimate of drug-likeness (QED) is 0.880. The standard InChI is InChI=1S/C13H13F2N3O3S/c1-9-2-5-13(19)18(17-9)7-6-16-22(20,21)12-8-10(14)3-4-11(12)15/h2-5,8,16H,6-7H2,1H3. The normalized spacial score (nSPS) is 11.6. The molecule has 118 valence electrons. The predicted octanol–water partition coefficient (Wildman–Crippen LogP) is 0.808. The number of aromatic nitrogens is 2. The molecular formula is C13H13F2N3O3S. The molecule has 0 aliphatic carbocycles. The lowest BCUT2D eigenvalue weighted by molar-refractivity contribution is 0.530. The summed E-state index contributed by atoms with van der Waals surface area (Å²) in [4.78, 5) is 10.7. The number of nitrogens with one attached hydrogen (secondary N) is 1. The minimum atomic E-state index is -4.21. The first-order chi connectivity index (χ1) is 10.3. The van der Waals surface area contributed by atoms with Crippen molar-refractivity contribution in [2.45, 2.75) is 18.4 Å². The number of aryl methyl sites for hydroxylation is 1. The second kappa shape index (κ2) is 6.32. The Bertz CT molecular complexity index is 850. The van der Waals surface area contributed by atoms with E-state index in [0.717, 1.165) is 16.8 Å². The zero-order chi connectivity index (χ0) is 16.3. The number of nitrogens with zero attached hydrogens (tertiary/aromatic N) is 2. The lowest BCUT2D eigenvalue weighted by atomic mass is 10.3. The number of rotatable bonds is 5. The van der Waals surface area contributed by atoms with Gasteiger partial charge in [-0.25, -0.2) is 26.6 Å². The van der Waals surface area contributed by atoms with Gasteiger partial charge in [0.25, 0.3) is 5.56 Å². The fraction of sp³-hybridized carbons (Fsp3) is 0.231. The first-order valence-electron chi connectivity index (χ1n) is 6.29. The summed E-state index contributed by atoms with van der Waals surface area (Å²) in [7, 11) is -4.21. The van der Waals surface area contributed by atoms with Crippen LogP contribution in [0.15, 0.2) is 40.0 Å². The van der Waals surface area contributed by atoms with Crippen molar-refractivity contribution in [1.29, 1.82) is 0 Å². The SMILES string of the molecule is Cc1ccc(=O)n(CCNS(=O)(=O)c2cc(F)ccc2F)n1. The maximum atomic E-state index is 13.5. The summed E-state index contributed by atoms with van der Waals surface area (Å²) < 4.78 is 53.6. The topological polar surface area (TPSA) is 81.1 Å². The van der Waals surface area contributed by atoms with Crippen molar-refractivity contribution < 1.29 is 17.2 Å². The van der Waals surface area contributed by atoms with E-state index in [1.807, 2.05) is 0 Å². The van der Waals surface area contributed by atoms with E-state index in [1.165, 1.54) is 12.1 Å². The van der Waals surface area contributed by atoms with Gasteiger partial charge in [-0.3, -0.25) is 4.79 Å². The van der Waals surface area contributed by atoms with Gasteiger partial charge in [-0.05, 0) is 31.2 Å². The Kier molecular flexibility index (Phi) is 4.67. The minimum Gasteiger partial charge on any atom is -0.268 e. The first kappa shape index (κ1) is 16.2. The molecule has 6 nitrogen and oxygen atoms in total. The molecule has 0 spiro atoms. The van der Waals surface area contributed by atoms with Crippen LogP contribution in [-0.4, -0.2) is 24.7 Å². The molecule has 2 aromatic rings. The van der Waals surface area contributed by atoms with Crippen molar-refractivity contribution in [3.63, 3.8) is 0 Å². The highest BCUT2D eigenvalue weighted by Gasteiger charge is 2.19. The molecule has 0 bridgehead atoms. The summed E-state index contributed by atoms with van der Waals surface area (Å²) in [5.41, 5.74) is 0.209. The van der Waals surface area contributed by atoms with Crippen LogP contribution in [0.25, 0.3) is 0 Å². The van der Waals surface area contributed by atoms with Crippen LogP contribution in [0.3, 0.4) is 0 Å². The highest BCUT2D eigenvalue weighted by molar-refractivity contribution is 7.89. The predicted molar refractivity (Wildman–Crippen MR) is 74.8 cm³/mol. The van der Waals surface area contributed by atoms with Crippen LogP contribution in [0.4, 0.5) is 8.78 Å². The third-order valence-corrected chi connectivity index (χ3v) is 4.27. The van der Waals surface area contributed by atoms with E-state index in [0.29, 0.717) is 11.8 Å². The second-order valence-electron chi connectivity index (χ2n) is 4.51. The van der Waals surface area contributed by atoms with Crippen molar-refractivity contribution in [2.75, 3.05) is 6.54 Å². The summed E-state index contributed by atoms with van der Waals surface area (Å²) >= 11 is 0. The van der Waals surface area contributed by atoms with Crippen molar-refractivity contribution in [2.24, 2.45) is 0 Å². The fourth-order valence-electron chi connectivity index (χ4n) is 1.76. The van der Waals surface area contributed by atoms with Crippen LogP contribution < -0.4 is 10.3 Å². The van der Waals surface area contributed by atoms with Crippen LogP contribution in [0.2, 0.25) is 0 Å². The average Bonchev–Trinajstić information content (AvgIpc) is 2.45. The monoisotopic (exact) mass is 329 g/mol. The molecule has 9 heteroatoms. The van der Waals surface area contributed by atoms with Crippen molar-refractivity contribution in [1.82, 2.24) is 14.5 Å². The summed E-state index contributed by atoms with van der Waals surface area (Å²) in [6, 6.07) is 4.99. The Morgan fingerprint density at radius 3 is 2.68 bits per heavy atom. The zero-order valence-electron chi connectivity index (χ0n) is 11.6. The summed E-state index contributed by atoms with van der Waals surface area (Å²) in [6.45, 7) is 1.47. The Morgan fingerprint density at radius 2 is 1.95 bits per heavy atom. The van der Waals surface area contributed by atoms with Crippen LogP contribution in [0.5, 0.6) is 0 Å². The van der Waals surface area contributed by atoms with Gasteiger partial charge in [0.2, 0.25) is 10.0 Å². The largest absolute Gasteiger partial charge is 0.268 e. The maximum Gasteiger partial charge on any atom is 0.266 e. The average molecular weight is 329 g/mol. The summed E-state index contributed by atoms with van der Waals surface area (Å²) in [6.07, 6.45) is 0. The van der Waals surface area contributed by atoms with Crippen molar-refractivity contribution in [3.05, 3.63) is 58.0 Å². The van der Waals surface area contributed by atoms with E-state index in [9.17, 15) is 22.0 Å². The lowest BCUT2D eigenvalue weighted by Crippen LogP contribution is -2.32. The molecule has 0 atom stereocenters. The molecular weight excluding hydrogens is 316 g/mol. The van der Waals surface area contributed by atoms with Gasteiger partial charge in [-0.15, -0.1) is 0 Å². The van der Waals surface area contributed by atoms with E-state index in [4.69, 9.17) is 0 Å². The van der Waals surface area contributed by atoms with Gasteiger partial charge in [0, 0.05) is 12.6 Å². The molecule has 0 radical (unpaired) electrons. The number of benzene rings is 1. The van der Waals surface area contributed by atoms with Gasteiger partial charge in [0.15, 0.2) is 0 Å². The smallest absolute Gasteiger partial charge is 0.266 e. The van der Waals surface area contributed by atoms with Crippen LogP contribution >= 0.6 is 0 Å². The second-order valence-corrected chi connectivity index (χ2v) is 6.24. The molecule has 0 fully saturated rings. The van der Waals surface area contributed by atoms with Gasteiger partial charge >= 0.3 is 0 Å². The molecule has 0 saturated heterocycles. The molecule has 1 aromatic carbocycles.